The maximum absolute atomic E-state index is 12.9. The van der Waals surface area contributed by atoms with Gasteiger partial charge in [-0.25, -0.2) is 0 Å². The van der Waals surface area contributed by atoms with Crippen LogP contribution in [-0.2, 0) is 14.3 Å². The van der Waals surface area contributed by atoms with E-state index in [9.17, 15) is 19.8 Å². The van der Waals surface area contributed by atoms with Gasteiger partial charge in [-0.05, 0) is 54.8 Å². The zero-order valence-electron chi connectivity index (χ0n) is 17.2. The highest BCUT2D eigenvalue weighted by atomic mass is 16.5. The van der Waals surface area contributed by atoms with Crippen LogP contribution >= 0.6 is 0 Å². The number of ether oxygens (including phenoxy) is 2. The van der Waals surface area contributed by atoms with Gasteiger partial charge in [0.15, 0.2) is 0 Å². The van der Waals surface area contributed by atoms with Crippen LogP contribution in [0.5, 0.6) is 11.5 Å². The number of carbonyl (C=O) groups excluding carboxylic acids is 2. The van der Waals surface area contributed by atoms with E-state index >= 15 is 0 Å². The fourth-order valence-electron chi connectivity index (χ4n) is 3.71. The molecular formula is C23H25NO6. The van der Waals surface area contributed by atoms with E-state index in [1.165, 1.54) is 17.0 Å². The van der Waals surface area contributed by atoms with Gasteiger partial charge in [-0.2, -0.15) is 0 Å². The van der Waals surface area contributed by atoms with Crippen LogP contribution in [-0.4, -0.2) is 54.2 Å². The number of ketones is 1. The zero-order valence-corrected chi connectivity index (χ0v) is 17.2. The maximum atomic E-state index is 12.9. The molecule has 2 aromatic carbocycles. The van der Waals surface area contributed by atoms with E-state index < -0.39 is 17.7 Å². The number of Topliss-reactive ketones (excluding diaryl/α,β-unsaturated/α-hetero) is 1. The number of nitrogens with zero attached hydrogens (tertiary/aromatic N) is 1. The minimum Gasteiger partial charge on any atom is -0.508 e. The molecule has 0 bridgehead atoms. The smallest absolute Gasteiger partial charge is 0.295 e. The Balaban J connectivity index is 2.15. The number of aliphatic hydroxyl groups excluding tert-OH is 1. The maximum Gasteiger partial charge on any atom is 0.295 e. The number of phenols is 1. The summed E-state index contributed by atoms with van der Waals surface area (Å²) in [7, 11) is 3.11. The minimum atomic E-state index is -0.810. The molecule has 3 rings (SSSR count). The molecule has 158 valence electrons. The van der Waals surface area contributed by atoms with Crippen LogP contribution in [0.4, 0.5) is 0 Å². The molecule has 1 heterocycles. The summed E-state index contributed by atoms with van der Waals surface area (Å²) in [6, 6.07) is 10.6. The molecule has 1 atom stereocenters. The van der Waals surface area contributed by atoms with Crippen LogP contribution in [0.15, 0.2) is 48.0 Å². The third-order valence-corrected chi connectivity index (χ3v) is 5.16. The van der Waals surface area contributed by atoms with Crippen molar-refractivity contribution in [3.8, 4) is 11.5 Å². The lowest BCUT2D eigenvalue weighted by Crippen LogP contribution is -2.31. The first-order valence-electron chi connectivity index (χ1n) is 9.60. The zero-order chi connectivity index (χ0) is 21.8. The van der Waals surface area contributed by atoms with Gasteiger partial charge in [0.05, 0.1) is 18.7 Å². The molecule has 1 aliphatic heterocycles. The van der Waals surface area contributed by atoms with E-state index in [2.05, 4.69) is 0 Å². The summed E-state index contributed by atoms with van der Waals surface area (Å²) in [5.74, 6) is -1.07. The van der Waals surface area contributed by atoms with Crippen LogP contribution in [0, 0.1) is 6.92 Å². The summed E-state index contributed by atoms with van der Waals surface area (Å²) in [4.78, 5) is 27.2. The van der Waals surface area contributed by atoms with Crippen LogP contribution < -0.4 is 4.74 Å². The largest absolute Gasteiger partial charge is 0.508 e. The molecule has 0 aliphatic carbocycles. The van der Waals surface area contributed by atoms with Crippen molar-refractivity contribution in [2.75, 3.05) is 27.4 Å². The Morgan fingerprint density at radius 3 is 2.53 bits per heavy atom. The monoisotopic (exact) mass is 411 g/mol. The number of hydrogen-bond acceptors (Lipinski definition) is 6. The van der Waals surface area contributed by atoms with E-state index in [-0.39, 0.29) is 23.6 Å². The number of methoxy groups -OCH3 is 2. The van der Waals surface area contributed by atoms with Gasteiger partial charge in [-0.3, -0.25) is 9.59 Å². The van der Waals surface area contributed by atoms with Gasteiger partial charge in [0.25, 0.3) is 11.7 Å². The van der Waals surface area contributed by atoms with Crippen molar-refractivity contribution in [2.24, 2.45) is 0 Å². The molecule has 1 saturated heterocycles. The lowest BCUT2D eigenvalue weighted by Gasteiger charge is -2.25. The summed E-state index contributed by atoms with van der Waals surface area (Å²) in [5, 5.41) is 21.0. The average Bonchev–Trinajstić information content (AvgIpc) is 2.98. The molecule has 1 fully saturated rings. The molecule has 2 aromatic rings. The number of amides is 1. The van der Waals surface area contributed by atoms with Gasteiger partial charge in [0.2, 0.25) is 0 Å². The van der Waals surface area contributed by atoms with E-state index in [4.69, 9.17) is 9.47 Å². The fourth-order valence-corrected chi connectivity index (χ4v) is 3.71. The SMILES string of the molecule is COCCCN1C(=O)C(=O)/C(=C(\O)c2ccc(OC)cc2C)C1c1cccc(O)c1. The van der Waals surface area contributed by atoms with Crippen LogP contribution in [0.2, 0.25) is 0 Å². The molecule has 7 heteroatoms. The molecule has 2 N–H and O–H groups in total. The number of phenolic OH excluding ortho intramolecular Hbond substituents is 1. The van der Waals surface area contributed by atoms with E-state index in [1.807, 2.05) is 0 Å². The molecular weight excluding hydrogens is 386 g/mol. The van der Waals surface area contributed by atoms with Crippen molar-refractivity contribution < 1.29 is 29.3 Å². The summed E-state index contributed by atoms with van der Waals surface area (Å²) in [6.45, 7) is 2.49. The molecule has 30 heavy (non-hydrogen) atoms. The van der Waals surface area contributed by atoms with Crippen LogP contribution in [0.25, 0.3) is 5.76 Å². The van der Waals surface area contributed by atoms with Gasteiger partial charge >= 0.3 is 0 Å². The molecule has 0 spiro atoms. The highest BCUT2D eigenvalue weighted by Gasteiger charge is 2.46. The predicted octanol–water partition coefficient (Wildman–Crippen LogP) is 3.17. The number of hydrogen-bond donors (Lipinski definition) is 2. The second-order valence-electron chi connectivity index (χ2n) is 7.11. The third-order valence-electron chi connectivity index (χ3n) is 5.16. The van der Waals surface area contributed by atoms with Gasteiger partial charge < -0.3 is 24.6 Å². The number of aliphatic hydroxyl groups is 1. The quantitative estimate of drug-likeness (QED) is 0.314. The summed E-state index contributed by atoms with van der Waals surface area (Å²) < 4.78 is 10.3. The highest BCUT2D eigenvalue weighted by Crippen LogP contribution is 2.40. The number of likely N-dealkylation sites (tertiary alicyclic amines) is 1. The Labute approximate surface area is 175 Å². The first-order valence-corrected chi connectivity index (χ1v) is 9.60. The molecule has 1 aliphatic rings. The fraction of sp³-hybridized carbons (Fsp3) is 0.304. The van der Waals surface area contributed by atoms with E-state index in [0.717, 1.165) is 0 Å². The van der Waals surface area contributed by atoms with Crippen molar-refractivity contribution in [3.63, 3.8) is 0 Å². The lowest BCUT2D eigenvalue weighted by atomic mass is 9.93. The molecule has 1 amide bonds. The standard InChI is InChI=1S/C23H25NO6/c1-14-12-17(30-3)8-9-18(14)21(26)19-20(15-6-4-7-16(25)13-15)24(10-5-11-29-2)23(28)22(19)27/h4,6-9,12-13,20,25-26H,5,10-11H2,1-3H3/b21-19-. The summed E-state index contributed by atoms with van der Waals surface area (Å²) in [6.07, 6.45) is 0.528. The van der Waals surface area contributed by atoms with Gasteiger partial charge in [-0.15, -0.1) is 0 Å². The number of aromatic hydroxyl groups is 1. The molecule has 7 nitrogen and oxygen atoms in total. The normalized spacial score (nSPS) is 18.1. The molecule has 0 aromatic heterocycles. The number of benzene rings is 2. The average molecular weight is 411 g/mol. The highest BCUT2D eigenvalue weighted by molar-refractivity contribution is 6.46. The summed E-state index contributed by atoms with van der Waals surface area (Å²) in [5.41, 5.74) is 1.68. The van der Waals surface area contributed by atoms with E-state index in [0.29, 0.717) is 35.5 Å². The first kappa shape index (κ1) is 21.4. The number of carbonyl (C=O) groups is 2. The predicted molar refractivity (Wildman–Crippen MR) is 111 cm³/mol. The molecule has 0 radical (unpaired) electrons. The Kier molecular flexibility index (Phi) is 6.42. The Morgan fingerprint density at radius 1 is 1.13 bits per heavy atom. The van der Waals surface area contributed by atoms with E-state index in [1.54, 1.807) is 51.5 Å². The Bertz CT molecular complexity index is 997. The minimum absolute atomic E-state index is 0.00344. The van der Waals surface area contributed by atoms with Crippen LogP contribution in [0.1, 0.15) is 29.2 Å². The van der Waals surface area contributed by atoms with Crippen molar-refractivity contribution >= 4 is 17.4 Å². The summed E-state index contributed by atoms with van der Waals surface area (Å²) >= 11 is 0. The molecule has 1 unspecified atom stereocenters. The number of aryl methyl sites for hydroxylation is 1. The second-order valence-corrected chi connectivity index (χ2v) is 7.11. The first-order chi connectivity index (χ1) is 14.4. The van der Waals surface area contributed by atoms with Crippen molar-refractivity contribution in [3.05, 3.63) is 64.7 Å². The topological polar surface area (TPSA) is 96.3 Å². The third kappa shape index (κ3) is 4.02. The van der Waals surface area contributed by atoms with Crippen LogP contribution in [0.3, 0.4) is 0 Å². The van der Waals surface area contributed by atoms with Crippen molar-refractivity contribution in [2.45, 2.75) is 19.4 Å². The number of rotatable bonds is 7. The van der Waals surface area contributed by atoms with Crippen molar-refractivity contribution in [1.82, 2.24) is 4.90 Å². The second kappa shape index (κ2) is 9.00. The van der Waals surface area contributed by atoms with Gasteiger partial charge in [0, 0.05) is 25.8 Å². The molecule has 0 saturated carbocycles. The van der Waals surface area contributed by atoms with Gasteiger partial charge in [0.1, 0.15) is 17.3 Å². The Hall–Kier alpha value is -3.32. The van der Waals surface area contributed by atoms with Gasteiger partial charge in [-0.1, -0.05) is 12.1 Å². The lowest BCUT2D eigenvalue weighted by molar-refractivity contribution is -0.140. The Morgan fingerprint density at radius 2 is 1.90 bits per heavy atom. The van der Waals surface area contributed by atoms with Crippen molar-refractivity contribution in [1.29, 1.82) is 0 Å².